The Morgan fingerprint density at radius 3 is 2.76 bits per heavy atom. The minimum atomic E-state index is 0.635. The highest BCUT2D eigenvalue weighted by Crippen LogP contribution is 2.30. The Hall–Kier alpha value is -2.57. The van der Waals surface area contributed by atoms with E-state index in [-0.39, 0.29) is 0 Å². The first-order chi connectivity index (χ1) is 12.3. The minimum Gasteiger partial charge on any atom is -0.461 e. The third-order valence-electron chi connectivity index (χ3n) is 3.52. The molecule has 1 aromatic carbocycles. The van der Waals surface area contributed by atoms with Crippen molar-refractivity contribution in [2.75, 3.05) is 0 Å². The molecule has 5 nitrogen and oxygen atoms in total. The fourth-order valence-corrected chi connectivity index (χ4v) is 3.45. The van der Waals surface area contributed by atoms with E-state index in [1.807, 2.05) is 59.2 Å². The number of benzene rings is 1. The summed E-state index contributed by atoms with van der Waals surface area (Å²) in [5.74, 6) is 1.98. The molecule has 3 heterocycles. The van der Waals surface area contributed by atoms with Crippen LogP contribution < -0.4 is 0 Å². The zero-order valence-corrected chi connectivity index (χ0v) is 14.6. The summed E-state index contributed by atoms with van der Waals surface area (Å²) in [5, 5.41) is 10.0. The average molecular weight is 369 g/mol. The van der Waals surface area contributed by atoms with Crippen molar-refractivity contribution >= 4 is 23.4 Å². The molecule has 0 N–H and O–H groups in total. The van der Waals surface area contributed by atoms with Crippen molar-refractivity contribution < 1.29 is 4.42 Å². The molecule has 0 saturated carbocycles. The van der Waals surface area contributed by atoms with Crippen LogP contribution in [-0.2, 0) is 5.75 Å². The maximum Gasteiger partial charge on any atom is 0.205 e. The fourth-order valence-electron chi connectivity index (χ4n) is 2.40. The number of furan rings is 1. The summed E-state index contributed by atoms with van der Waals surface area (Å²) in [6.07, 6.45) is 3.40. The van der Waals surface area contributed by atoms with E-state index in [9.17, 15) is 0 Å². The summed E-state index contributed by atoms with van der Waals surface area (Å²) in [6, 6.07) is 17.1. The van der Waals surface area contributed by atoms with Crippen molar-refractivity contribution in [3.8, 4) is 17.3 Å². The highest BCUT2D eigenvalue weighted by molar-refractivity contribution is 7.98. The average Bonchev–Trinajstić information content (AvgIpc) is 3.30. The quantitative estimate of drug-likeness (QED) is 0.470. The molecule has 0 amide bonds. The van der Waals surface area contributed by atoms with Gasteiger partial charge in [0.05, 0.1) is 17.6 Å². The van der Waals surface area contributed by atoms with Crippen LogP contribution in [-0.4, -0.2) is 19.7 Å². The summed E-state index contributed by atoms with van der Waals surface area (Å²) < 4.78 is 7.45. The van der Waals surface area contributed by atoms with Gasteiger partial charge in [-0.25, -0.2) is 0 Å². The van der Waals surface area contributed by atoms with Gasteiger partial charge in [0.15, 0.2) is 10.9 Å². The highest BCUT2D eigenvalue weighted by Gasteiger charge is 2.18. The largest absolute Gasteiger partial charge is 0.461 e. The summed E-state index contributed by atoms with van der Waals surface area (Å²) in [5.41, 5.74) is 1.86. The zero-order valence-electron chi connectivity index (χ0n) is 13.0. The smallest absolute Gasteiger partial charge is 0.205 e. The lowest BCUT2D eigenvalue weighted by molar-refractivity contribution is 0.575. The summed E-state index contributed by atoms with van der Waals surface area (Å²) in [4.78, 5) is 4.35. The number of halogens is 1. The number of nitrogens with zero attached hydrogens (tertiary/aromatic N) is 4. The Bertz CT molecular complexity index is 970. The molecule has 3 aromatic heterocycles. The maximum atomic E-state index is 6.17. The molecule has 0 radical (unpaired) electrons. The lowest BCUT2D eigenvalue weighted by atomic mass is 10.3. The van der Waals surface area contributed by atoms with E-state index in [2.05, 4.69) is 15.2 Å². The Morgan fingerprint density at radius 1 is 1.04 bits per heavy atom. The number of hydrogen-bond acceptors (Lipinski definition) is 5. The molecule has 0 aliphatic heterocycles. The summed E-state index contributed by atoms with van der Waals surface area (Å²) >= 11 is 7.73. The van der Waals surface area contributed by atoms with Crippen molar-refractivity contribution in [1.82, 2.24) is 19.7 Å². The molecular formula is C18H13ClN4OS. The van der Waals surface area contributed by atoms with Gasteiger partial charge in [-0.2, -0.15) is 0 Å². The van der Waals surface area contributed by atoms with Crippen LogP contribution in [0.5, 0.6) is 0 Å². The predicted octanol–water partition coefficient (Wildman–Crippen LogP) is 4.87. The van der Waals surface area contributed by atoms with Gasteiger partial charge in [0.2, 0.25) is 5.82 Å². The molecule has 4 aromatic rings. The van der Waals surface area contributed by atoms with Crippen LogP contribution in [0.1, 0.15) is 5.69 Å². The van der Waals surface area contributed by atoms with Crippen LogP contribution in [0.15, 0.2) is 76.6 Å². The monoisotopic (exact) mass is 368 g/mol. The van der Waals surface area contributed by atoms with Gasteiger partial charge in [-0.1, -0.05) is 35.5 Å². The Morgan fingerprint density at radius 2 is 2.00 bits per heavy atom. The third-order valence-corrected chi connectivity index (χ3v) is 4.71. The molecule has 4 rings (SSSR count). The SMILES string of the molecule is Clc1cccc(-n2c(SCc3ccccn3)nnc2-c2ccco2)c1. The molecule has 0 spiro atoms. The first-order valence-corrected chi connectivity index (χ1v) is 8.95. The van der Waals surface area contributed by atoms with Gasteiger partial charge in [0.25, 0.3) is 0 Å². The molecule has 0 aliphatic rings. The van der Waals surface area contributed by atoms with Crippen LogP contribution in [0.3, 0.4) is 0 Å². The van der Waals surface area contributed by atoms with Gasteiger partial charge < -0.3 is 4.42 Å². The van der Waals surface area contributed by atoms with E-state index >= 15 is 0 Å². The molecule has 0 aliphatic carbocycles. The minimum absolute atomic E-state index is 0.635. The number of rotatable bonds is 5. The molecule has 0 unspecified atom stereocenters. The summed E-state index contributed by atoms with van der Waals surface area (Å²) in [6.45, 7) is 0. The van der Waals surface area contributed by atoms with E-state index in [0.717, 1.165) is 16.5 Å². The topological polar surface area (TPSA) is 56.7 Å². The van der Waals surface area contributed by atoms with Gasteiger partial charge in [0.1, 0.15) is 0 Å². The van der Waals surface area contributed by atoms with Crippen LogP contribution in [0.2, 0.25) is 5.02 Å². The molecule has 0 fully saturated rings. The molecular weight excluding hydrogens is 356 g/mol. The van der Waals surface area contributed by atoms with E-state index in [1.54, 1.807) is 24.2 Å². The van der Waals surface area contributed by atoms with Gasteiger partial charge >= 0.3 is 0 Å². The molecule has 0 saturated heterocycles. The first-order valence-electron chi connectivity index (χ1n) is 7.59. The molecule has 7 heteroatoms. The third kappa shape index (κ3) is 3.45. The number of aromatic nitrogens is 4. The van der Waals surface area contributed by atoms with Crippen LogP contribution in [0, 0.1) is 0 Å². The molecule has 0 atom stereocenters. The zero-order chi connectivity index (χ0) is 17.1. The Kier molecular flexibility index (Phi) is 4.54. The Labute approximate surface area is 153 Å². The normalized spacial score (nSPS) is 10.9. The predicted molar refractivity (Wildman–Crippen MR) is 97.9 cm³/mol. The van der Waals surface area contributed by atoms with E-state index in [0.29, 0.717) is 22.4 Å². The van der Waals surface area contributed by atoms with Crippen molar-refractivity contribution in [3.05, 3.63) is 77.8 Å². The molecule has 124 valence electrons. The van der Waals surface area contributed by atoms with Crippen molar-refractivity contribution in [2.24, 2.45) is 0 Å². The summed E-state index contributed by atoms with van der Waals surface area (Å²) in [7, 11) is 0. The number of pyridine rings is 1. The molecule has 25 heavy (non-hydrogen) atoms. The molecule has 0 bridgehead atoms. The van der Waals surface area contributed by atoms with E-state index < -0.39 is 0 Å². The van der Waals surface area contributed by atoms with Gasteiger partial charge in [-0.15, -0.1) is 10.2 Å². The maximum absolute atomic E-state index is 6.17. The second kappa shape index (κ2) is 7.13. The van der Waals surface area contributed by atoms with Crippen molar-refractivity contribution in [1.29, 1.82) is 0 Å². The first kappa shape index (κ1) is 15.9. The van der Waals surface area contributed by atoms with Crippen molar-refractivity contribution in [2.45, 2.75) is 10.9 Å². The Balaban J connectivity index is 1.74. The van der Waals surface area contributed by atoms with Crippen LogP contribution in [0.4, 0.5) is 0 Å². The highest BCUT2D eigenvalue weighted by atomic mass is 35.5. The van der Waals surface area contributed by atoms with Crippen LogP contribution in [0.25, 0.3) is 17.3 Å². The van der Waals surface area contributed by atoms with Gasteiger partial charge in [0, 0.05) is 17.0 Å². The fraction of sp³-hybridized carbons (Fsp3) is 0.0556. The van der Waals surface area contributed by atoms with E-state index in [4.69, 9.17) is 16.0 Å². The second-order valence-electron chi connectivity index (χ2n) is 5.21. The van der Waals surface area contributed by atoms with Gasteiger partial charge in [-0.3, -0.25) is 9.55 Å². The van der Waals surface area contributed by atoms with Gasteiger partial charge in [-0.05, 0) is 42.5 Å². The van der Waals surface area contributed by atoms with E-state index in [1.165, 1.54) is 0 Å². The number of hydrogen-bond donors (Lipinski definition) is 0. The standard InChI is InChI=1S/C18H13ClN4OS/c19-13-5-3-7-15(11-13)23-17(16-8-4-10-24-16)21-22-18(23)25-12-14-6-1-2-9-20-14/h1-11H,12H2. The lowest BCUT2D eigenvalue weighted by Crippen LogP contribution is -1.99. The van der Waals surface area contributed by atoms with Crippen molar-refractivity contribution in [3.63, 3.8) is 0 Å². The lowest BCUT2D eigenvalue weighted by Gasteiger charge is -2.09. The number of thioether (sulfide) groups is 1. The van der Waals surface area contributed by atoms with Crippen LogP contribution >= 0.6 is 23.4 Å². The second-order valence-corrected chi connectivity index (χ2v) is 6.59.